The number of ether oxygens (including phenoxy) is 2. The van der Waals surface area contributed by atoms with Gasteiger partial charge in [-0.25, -0.2) is 0 Å². The van der Waals surface area contributed by atoms with Gasteiger partial charge in [0.25, 0.3) is 0 Å². The Kier molecular flexibility index (Phi) is 4.77. The molecule has 0 bridgehead atoms. The minimum Gasteiger partial charge on any atom is -0.460 e. The van der Waals surface area contributed by atoms with Crippen molar-refractivity contribution in [3.8, 4) is 0 Å². The van der Waals surface area contributed by atoms with Crippen molar-refractivity contribution in [1.29, 1.82) is 0 Å². The molecule has 0 aromatic rings. The monoisotopic (exact) mass is 202 g/mol. The van der Waals surface area contributed by atoms with Gasteiger partial charge in [-0.15, -0.1) is 0 Å². The number of carbonyl (C=O) groups excluding carboxylic acids is 2. The zero-order valence-corrected chi connectivity index (χ0v) is 9.42. The quantitative estimate of drug-likeness (QED) is 0.509. The third-order valence-electron chi connectivity index (χ3n) is 1.55. The highest BCUT2D eigenvalue weighted by molar-refractivity contribution is 5.97. The SMILES string of the molecule is CO[C@H](C)C(=O)CC(=O)OC(C)(C)C. The van der Waals surface area contributed by atoms with Gasteiger partial charge < -0.3 is 9.47 Å². The molecule has 0 unspecified atom stereocenters. The second-order valence-corrected chi connectivity index (χ2v) is 4.11. The molecule has 82 valence electrons. The first-order valence-corrected chi connectivity index (χ1v) is 4.53. The molecule has 14 heavy (non-hydrogen) atoms. The predicted octanol–water partition coefficient (Wildman–Crippen LogP) is 1.32. The van der Waals surface area contributed by atoms with Gasteiger partial charge in [0.05, 0.1) is 0 Å². The van der Waals surface area contributed by atoms with Crippen molar-refractivity contribution in [2.45, 2.75) is 45.8 Å². The highest BCUT2D eigenvalue weighted by atomic mass is 16.6. The topological polar surface area (TPSA) is 52.6 Å². The summed E-state index contributed by atoms with van der Waals surface area (Å²) >= 11 is 0. The summed E-state index contributed by atoms with van der Waals surface area (Å²) in [5.41, 5.74) is -0.548. The average Bonchev–Trinajstić information content (AvgIpc) is 1.99. The number of ketones is 1. The van der Waals surface area contributed by atoms with Crippen LogP contribution in [-0.2, 0) is 19.1 Å². The van der Waals surface area contributed by atoms with E-state index in [1.54, 1.807) is 27.7 Å². The number of esters is 1. The van der Waals surface area contributed by atoms with Crippen LogP contribution in [0, 0.1) is 0 Å². The molecule has 0 N–H and O–H groups in total. The van der Waals surface area contributed by atoms with E-state index in [0.717, 1.165) is 0 Å². The molecule has 4 nitrogen and oxygen atoms in total. The summed E-state index contributed by atoms with van der Waals surface area (Å²) < 4.78 is 9.77. The van der Waals surface area contributed by atoms with Crippen molar-refractivity contribution in [3.63, 3.8) is 0 Å². The fraction of sp³-hybridized carbons (Fsp3) is 0.800. The minimum atomic E-state index is -0.553. The second-order valence-electron chi connectivity index (χ2n) is 4.11. The third kappa shape index (κ3) is 5.70. The molecular weight excluding hydrogens is 184 g/mol. The van der Waals surface area contributed by atoms with E-state index in [-0.39, 0.29) is 12.2 Å². The van der Waals surface area contributed by atoms with E-state index in [4.69, 9.17) is 9.47 Å². The van der Waals surface area contributed by atoms with E-state index < -0.39 is 17.7 Å². The summed E-state index contributed by atoms with van der Waals surface area (Å²) in [6.07, 6.45) is -0.783. The van der Waals surface area contributed by atoms with Crippen molar-refractivity contribution >= 4 is 11.8 Å². The molecule has 0 saturated carbocycles. The predicted molar refractivity (Wildman–Crippen MR) is 51.9 cm³/mol. The first-order valence-electron chi connectivity index (χ1n) is 4.53. The lowest BCUT2D eigenvalue weighted by Gasteiger charge is -2.19. The van der Waals surface area contributed by atoms with Crippen molar-refractivity contribution in [1.82, 2.24) is 0 Å². The number of rotatable bonds is 4. The van der Waals surface area contributed by atoms with Crippen molar-refractivity contribution < 1.29 is 19.1 Å². The number of hydrogen-bond donors (Lipinski definition) is 0. The van der Waals surface area contributed by atoms with Crippen LogP contribution < -0.4 is 0 Å². The smallest absolute Gasteiger partial charge is 0.313 e. The first kappa shape index (κ1) is 13.1. The van der Waals surface area contributed by atoms with Crippen LogP contribution in [0.15, 0.2) is 0 Å². The van der Waals surface area contributed by atoms with Gasteiger partial charge in [0.2, 0.25) is 0 Å². The number of carbonyl (C=O) groups is 2. The Bertz CT molecular complexity index is 215. The Labute approximate surface area is 84.6 Å². The molecule has 0 spiro atoms. The van der Waals surface area contributed by atoms with Gasteiger partial charge in [-0.1, -0.05) is 0 Å². The van der Waals surface area contributed by atoms with Crippen LogP contribution >= 0.6 is 0 Å². The zero-order valence-electron chi connectivity index (χ0n) is 9.42. The summed E-state index contributed by atoms with van der Waals surface area (Å²) in [5.74, 6) is -0.770. The van der Waals surface area contributed by atoms with E-state index in [2.05, 4.69) is 0 Å². The summed E-state index contributed by atoms with van der Waals surface area (Å²) in [5, 5.41) is 0. The van der Waals surface area contributed by atoms with Crippen LogP contribution in [0.5, 0.6) is 0 Å². The van der Waals surface area contributed by atoms with Gasteiger partial charge in [-0.3, -0.25) is 9.59 Å². The normalized spacial score (nSPS) is 13.5. The van der Waals surface area contributed by atoms with Crippen LogP contribution in [-0.4, -0.2) is 30.6 Å². The van der Waals surface area contributed by atoms with Crippen molar-refractivity contribution in [3.05, 3.63) is 0 Å². The summed E-state index contributed by atoms with van der Waals surface area (Å²) in [4.78, 5) is 22.4. The molecule has 0 fully saturated rings. The molecule has 0 aliphatic heterocycles. The van der Waals surface area contributed by atoms with E-state index >= 15 is 0 Å². The third-order valence-corrected chi connectivity index (χ3v) is 1.55. The van der Waals surface area contributed by atoms with Crippen molar-refractivity contribution in [2.75, 3.05) is 7.11 Å². The summed E-state index contributed by atoms with van der Waals surface area (Å²) in [6, 6.07) is 0. The summed E-state index contributed by atoms with van der Waals surface area (Å²) in [6.45, 7) is 6.88. The lowest BCUT2D eigenvalue weighted by Crippen LogP contribution is -2.28. The fourth-order valence-corrected chi connectivity index (χ4v) is 0.795. The molecular formula is C10H18O4. The van der Waals surface area contributed by atoms with E-state index in [9.17, 15) is 9.59 Å². The van der Waals surface area contributed by atoms with E-state index in [0.29, 0.717) is 0 Å². The highest BCUT2D eigenvalue weighted by Gasteiger charge is 2.21. The van der Waals surface area contributed by atoms with Gasteiger partial charge >= 0.3 is 5.97 Å². The Morgan fingerprint density at radius 3 is 2.14 bits per heavy atom. The Balaban J connectivity index is 4.02. The lowest BCUT2D eigenvalue weighted by molar-refractivity contribution is -0.157. The van der Waals surface area contributed by atoms with E-state index in [1.807, 2.05) is 0 Å². The fourth-order valence-electron chi connectivity index (χ4n) is 0.795. The van der Waals surface area contributed by atoms with Gasteiger partial charge in [0.1, 0.15) is 18.1 Å². The van der Waals surface area contributed by atoms with Gasteiger partial charge in [-0.2, -0.15) is 0 Å². The van der Waals surface area contributed by atoms with Crippen LogP contribution in [0.25, 0.3) is 0 Å². The van der Waals surface area contributed by atoms with Crippen LogP contribution in [0.4, 0.5) is 0 Å². The summed E-state index contributed by atoms with van der Waals surface area (Å²) in [7, 11) is 1.43. The molecule has 0 aromatic heterocycles. The number of Topliss-reactive ketones (excluding diaryl/α,β-unsaturated/α-hetero) is 1. The molecule has 0 heterocycles. The highest BCUT2D eigenvalue weighted by Crippen LogP contribution is 2.09. The number of methoxy groups -OCH3 is 1. The molecule has 0 radical (unpaired) electrons. The van der Waals surface area contributed by atoms with E-state index in [1.165, 1.54) is 7.11 Å². The lowest BCUT2D eigenvalue weighted by atomic mass is 10.1. The average molecular weight is 202 g/mol. The van der Waals surface area contributed by atoms with Crippen LogP contribution in [0.2, 0.25) is 0 Å². The molecule has 0 rings (SSSR count). The molecule has 4 heteroatoms. The van der Waals surface area contributed by atoms with Gasteiger partial charge in [0.15, 0.2) is 5.78 Å². The Morgan fingerprint density at radius 1 is 1.29 bits per heavy atom. The maximum Gasteiger partial charge on any atom is 0.313 e. The second kappa shape index (κ2) is 5.10. The molecule has 0 amide bonds. The maximum atomic E-state index is 11.2. The zero-order chi connectivity index (χ0) is 11.4. The Hall–Kier alpha value is -0.900. The van der Waals surface area contributed by atoms with Gasteiger partial charge in [0, 0.05) is 7.11 Å². The first-order chi connectivity index (χ1) is 6.26. The molecule has 0 saturated heterocycles. The standard InChI is InChI=1S/C10H18O4/c1-7(13-5)8(11)6-9(12)14-10(2,3)4/h7H,6H2,1-5H3/t7-/m1/s1. The van der Waals surface area contributed by atoms with Crippen LogP contribution in [0.1, 0.15) is 34.1 Å². The molecule has 0 aliphatic rings. The van der Waals surface area contributed by atoms with Crippen LogP contribution in [0.3, 0.4) is 0 Å². The molecule has 1 atom stereocenters. The molecule has 0 aliphatic carbocycles. The number of hydrogen-bond acceptors (Lipinski definition) is 4. The minimum absolute atomic E-state index is 0.230. The van der Waals surface area contributed by atoms with Gasteiger partial charge in [-0.05, 0) is 27.7 Å². The largest absolute Gasteiger partial charge is 0.460 e. The van der Waals surface area contributed by atoms with Crippen molar-refractivity contribution in [2.24, 2.45) is 0 Å². The molecule has 0 aromatic carbocycles. The Morgan fingerprint density at radius 2 is 1.79 bits per heavy atom. The maximum absolute atomic E-state index is 11.2.